The molecule has 1 nitrogen and oxygen atoms in total. The number of hydrogen-bond acceptors (Lipinski definition) is 1. The average molecular weight is 338 g/mol. The fraction of sp³-hybridized carbons (Fsp3) is 0.0769. The van der Waals surface area contributed by atoms with E-state index in [1.165, 1.54) is 0 Å². The van der Waals surface area contributed by atoms with Gasteiger partial charge in [0.2, 0.25) is 0 Å². The van der Waals surface area contributed by atoms with Gasteiger partial charge in [0.15, 0.2) is 9.79 Å². The first-order chi connectivity index (χ1) is 9.79. The van der Waals surface area contributed by atoms with Crippen molar-refractivity contribution in [3.05, 3.63) is 48.0 Å². The Morgan fingerprint density at radius 2 is 1.29 bits per heavy atom. The molecule has 21 heavy (non-hydrogen) atoms. The van der Waals surface area contributed by atoms with Crippen molar-refractivity contribution in [3.8, 4) is 0 Å². The van der Waals surface area contributed by atoms with Crippen molar-refractivity contribution < 1.29 is 26.5 Å². The quantitative estimate of drug-likeness (QED) is 0.430. The Bertz CT molecular complexity index is 663. The van der Waals surface area contributed by atoms with Crippen molar-refractivity contribution in [3.63, 3.8) is 0 Å². The van der Waals surface area contributed by atoms with Crippen LogP contribution in [0.5, 0.6) is 0 Å². The Morgan fingerprint density at radius 3 is 1.67 bits per heavy atom. The minimum atomic E-state index is -4.58. The molecule has 0 saturated heterocycles. The molecule has 2 aromatic rings. The molecule has 0 amide bonds. The fourth-order valence-electron chi connectivity index (χ4n) is 2.16. The van der Waals surface area contributed by atoms with E-state index in [4.69, 9.17) is 0 Å². The molecular weight excluding hydrogens is 331 g/mol. The van der Waals surface area contributed by atoms with Gasteiger partial charge in [-0.3, -0.25) is 0 Å². The Morgan fingerprint density at radius 1 is 0.857 bits per heavy atom. The second-order valence-electron chi connectivity index (χ2n) is 4.30. The van der Waals surface area contributed by atoms with Crippen LogP contribution in [0.4, 0.5) is 22.0 Å². The minimum Gasteiger partial charge on any atom is -0.606 e. The zero-order valence-electron chi connectivity index (χ0n) is 10.1. The molecule has 2 aromatic carbocycles. The summed E-state index contributed by atoms with van der Waals surface area (Å²) in [5.74, 6) is -1.56. The van der Waals surface area contributed by atoms with E-state index >= 15 is 0 Å². The minimum absolute atomic E-state index is 0.198. The molecule has 0 radical (unpaired) electrons. The largest absolute Gasteiger partial charge is 0.606 e. The maximum Gasteiger partial charge on any atom is 0.431 e. The topological polar surface area (TPSA) is 23.1 Å². The number of benzene rings is 2. The molecule has 0 spiro atoms. The van der Waals surface area contributed by atoms with Gasteiger partial charge in [-0.1, -0.05) is 10.9 Å². The van der Waals surface area contributed by atoms with Crippen LogP contribution in [-0.2, 0) is 11.2 Å². The monoisotopic (exact) mass is 338 g/mol. The van der Waals surface area contributed by atoms with Crippen LogP contribution in [-0.4, -0.2) is 10.1 Å². The number of hydrogen-bond donors (Lipinski definition) is 1. The van der Waals surface area contributed by atoms with Crippen LogP contribution in [0.3, 0.4) is 0 Å². The van der Waals surface area contributed by atoms with Gasteiger partial charge in [-0.25, -0.2) is 8.78 Å². The lowest BCUT2D eigenvalue weighted by molar-refractivity contribution is -0.0358. The predicted molar refractivity (Wildman–Crippen MR) is 69.0 cm³/mol. The smallest absolute Gasteiger partial charge is 0.431 e. The van der Waals surface area contributed by atoms with E-state index in [0.717, 1.165) is 36.4 Å². The van der Waals surface area contributed by atoms with E-state index in [0.29, 0.717) is 0 Å². The molecule has 0 N–H and O–H groups in total. The highest BCUT2D eigenvalue weighted by Crippen LogP contribution is 2.63. The van der Waals surface area contributed by atoms with Crippen LogP contribution in [0.2, 0.25) is 0 Å². The summed E-state index contributed by atoms with van der Waals surface area (Å²) in [5, 5.41) is 0. The van der Waals surface area contributed by atoms with Gasteiger partial charge < -0.3 is 4.55 Å². The van der Waals surface area contributed by atoms with E-state index in [1.807, 2.05) is 0 Å². The Kier molecular flexibility index (Phi) is 3.42. The summed E-state index contributed by atoms with van der Waals surface area (Å²) in [6.07, 6.45) is 0. The van der Waals surface area contributed by atoms with Gasteiger partial charge in [0.1, 0.15) is 11.6 Å². The molecule has 0 atom stereocenters. The third-order valence-corrected chi connectivity index (χ3v) is 7.01. The summed E-state index contributed by atoms with van der Waals surface area (Å²) >= 11 is -2.03. The molecule has 3 rings (SSSR count). The molecular formula is C13H7F5OS2. The van der Waals surface area contributed by atoms with Crippen LogP contribution >= 0.6 is 10.9 Å². The molecule has 1 aliphatic rings. The van der Waals surface area contributed by atoms with Gasteiger partial charge in [-0.05, 0) is 24.3 Å². The van der Waals surface area contributed by atoms with Crippen LogP contribution in [0.15, 0.2) is 56.0 Å². The molecule has 0 bridgehead atoms. The Labute approximate surface area is 122 Å². The van der Waals surface area contributed by atoms with Gasteiger partial charge in [0, 0.05) is 23.3 Å². The third-order valence-electron chi connectivity index (χ3n) is 2.98. The molecule has 1 aliphatic heterocycles. The summed E-state index contributed by atoms with van der Waals surface area (Å²) in [4.78, 5) is -0.874. The normalized spacial score (nSPS) is 22.6. The van der Waals surface area contributed by atoms with E-state index in [2.05, 4.69) is 0 Å². The van der Waals surface area contributed by atoms with Crippen molar-refractivity contribution in [1.82, 2.24) is 0 Å². The highest BCUT2D eigenvalue weighted by molar-refractivity contribution is 8.18. The summed E-state index contributed by atoms with van der Waals surface area (Å²) in [6, 6.07) is 5.47. The number of fused-ring (bicyclic) bond motifs is 2. The third kappa shape index (κ3) is 2.41. The first-order valence-electron chi connectivity index (χ1n) is 5.67. The molecule has 0 unspecified atom stereocenters. The average Bonchev–Trinajstić information content (AvgIpc) is 2.39. The van der Waals surface area contributed by atoms with Crippen LogP contribution in [0.1, 0.15) is 0 Å². The van der Waals surface area contributed by atoms with Gasteiger partial charge in [0.25, 0.3) is 0 Å². The van der Waals surface area contributed by atoms with E-state index in [-0.39, 0.29) is 19.6 Å². The van der Waals surface area contributed by atoms with Crippen molar-refractivity contribution in [2.45, 2.75) is 25.1 Å². The van der Waals surface area contributed by atoms with Gasteiger partial charge >= 0.3 is 5.51 Å². The summed E-state index contributed by atoms with van der Waals surface area (Å²) < 4.78 is 78.9. The lowest BCUT2D eigenvalue weighted by Crippen LogP contribution is -2.20. The molecule has 8 heteroatoms. The fourth-order valence-corrected chi connectivity index (χ4v) is 6.22. The number of thiol groups is 1. The van der Waals surface area contributed by atoms with E-state index in [9.17, 15) is 26.5 Å². The van der Waals surface area contributed by atoms with E-state index < -0.39 is 39.2 Å². The van der Waals surface area contributed by atoms with Crippen LogP contribution in [0.25, 0.3) is 0 Å². The first-order valence-corrected chi connectivity index (χ1v) is 8.16. The van der Waals surface area contributed by atoms with Crippen LogP contribution < -0.4 is 0 Å². The Hall–Kier alpha value is -1.25. The maximum atomic E-state index is 13.4. The predicted octanol–water partition coefficient (Wildman–Crippen LogP) is 4.38. The van der Waals surface area contributed by atoms with Gasteiger partial charge in [-0.15, -0.1) is 0 Å². The Balaban J connectivity index is 2.31. The summed E-state index contributed by atoms with van der Waals surface area (Å²) in [6.45, 7) is 0. The van der Waals surface area contributed by atoms with Crippen molar-refractivity contribution >= 4 is 22.1 Å². The highest BCUT2D eigenvalue weighted by atomic mass is 32.2. The second-order valence-corrected chi connectivity index (χ2v) is 7.85. The van der Waals surface area contributed by atoms with Gasteiger partial charge in [-0.2, -0.15) is 13.2 Å². The van der Waals surface area contributed by atoms with Crippen molar-refractivity contribution in [2.24, 2.45) is 0 Å². The summed E-state index contributed by atoms with van der Waals surface area (Å²) in [5.41, 5.74) is -4.58. The van der Waals surface area contributed by atoms with Crippen molar-refractivity contribution in [1.29, 1.82) is 0 Å². The standard InChI is InChI=1S/C13H7F5OS2/c14-7-1-3-9-11(5-7)21(19)12-6-8(15)2-4-10(12)20(9)13(16,17)18/h1-6,20H. The van der Waals surface area contributed by atoms with Crippen molar-refractivity contribution in [2.75, 3.05) is 0 Å². The lowest BCUT2D eigenvalue weighted by atomic mass is 10.3. The maximum absolute atomic E-state index is 13.4. The second kappa shape index (κ2) is 4.89. The number of halogens is 5. The molecule has 0 fully saturated rings. The molecule has 1 heterocycles. The molecule has 0 saturated carbocycles. The number of rotatable bonds is 0. The zero-order chi connectivity index (χ0) is 15.4. The highest BCUT2D eigenvalue weighted by Gasteiger charge is 2.47. The van der Waals surface area contributed by atoms with E-state index in [1.54, 1.807) is 0 Å². The lowest BCUT2D eigenvalue weighted by Gasteiger charge is -2.32. The van der Waals surface area contributed by atoms with Crippen LogP contribution in [0, 0.1) is 11.6 Å². The number of alkyl halides is 3. The molecule has 0 aromatic heterocycles. The summed E-state index contributed by atoms with van der Waals surface area (Å²) in [7, 11) is -2.82. The molecule has 112 valence electrons. The van der Waals surface area contributed by atoms with Gasteiger partial charge in [0.05, 0.1) is 9.79 Å². The SMILES string of the molecule is [O-][S+]1c2cc(F)ccc2[SH](C(F)(F)F)c2ccc(F)cc21. The first kappa shape index (κ1) is 14.7. The zero-order valence-corrected chi connectivity index (χ0v) is 11.8. The molecule has 0 aliphatic carbocycles.